The van der Waals surface area contributed by atoms with E-state index in [1.165, 1.54) is 16.4 Å². The number of hydrogen-bond acceptors (Lipinski definition) is 5. The van der Waals surface area contributed by atoms with Crippen molar-refractivity contribution in [1.29, 1.82) is 0 Å². The second-order valence-corrected chi connectivity index (χ2v) is 7.85. The molecule has 1 heterocycles. The largest absolute Gasteiger partial charge is 0.335 e. The van der Waals surface area contributed by atoms with Gasteiger partial charge in [-0.05, 0) is 42.5 Å². The summed E-state index contributed by atoms with van der Waals surface area (Å²) in [6.45, 7) is 0. The molecule has 134 valence electrons. The minimum atomic E-state index is -0.227. The van der Waals surface area contributed by atoms with E-state index in [0.717, 1.165) is 10.0 Å². The molecular weight excluding hydrogens is 461 g/mol. The number of benzene rings is 2. The zero-order valence-corrected chi connectivity index (χ0v) is 17.0. The molecule has 0 spiro atoms. The Hall–Kier alpha value is -1.74. The van der Waals surface area contributed by atoms with Crippen molar-refractivity contribution in [3.63, 3.8) is 0 Å². The molecule has 0 aliphatic carbocycles. The fourth-order valence-corrected chi connectivity index (χ4v) is 3.58. The molecule has 0 saturated carbocycles. The van der Waals surface area contributed by atoms with Crippen molar-refractivity contribution >= 4 is 62.5 Å². The number of anilines is 1. The maximum Gasteiger partial charge on any atom is 0.234 e. The maximum atomic E-state index is 12.1. The molecule has 3 rings (SSSR count). The van der Waals surface area contributed by atoms with E-state index in [4.69, 9.17) is 29.0 Å². The Morgan fingerprint density at radius 1 is 1.19 bits per heavy atom. The van der Waals surface area contributed by atoms with Gasteiger partial charge >= 0.3 is 0 Å². The molecule has 0 saturated heterocycles. The summed E-state index contributed by atoms with van der Waals surface area (Å²) in [5.41, 5.74) is 1.32. The number of carbonyl (C=O) groups excluding carboxylic acids is 1. The van der Waals surface area contributed by atoms with Gasteiger partial charge in [0.15, 0.2) is 5.82 Å². The summed E-state index contributed by atoms with van der Waals surface area (Å²) in [6.07, 6.45) is 0. The van der Waals surface area contributed by atoms with Crippen LogP contribution in [0, 0.1) is 0 Å². The van der Waals surface area contributed by atoms with Crippen molar-refractivity contribution in [2.45, 2.75) is 5.16 Å². The van der Waals surface area contributed by atoms with Gasteiger partial charge in [-0.2, -0.15) is 0 Å². The Labute approximate surface area is 172 Å². The van der Waals surface area contributed by atoms with Crippen molar-refractivity contribution in [2.75, 3.05) is 16.9 Å². The highest BCUT2D eigenvalue weighted by Crippen LogP contribution is 2.26. The monoisotopic (exact) mass is 471 g/mol. The van der Waals surface area contributed by atoms with E-state index in [9.17, 15) is 4.79 Å². The predicted octanol–water partition coefficient (Wildman–Crippen LogP) is 4.46. The van der Waals surface area contributed by atoms with Gasteiger partial charge in [0.25, 0.3) is 0 Å². The molecule has 0 aliphatic rings. The summed E-state index contributed by atoms with van der Waals surface area (Å²) in [7, 11) is 0. The van der Waals surface area contributed by atoms with Gasteiger partial charge in [0.05, 0.1) is 16.5 Å². The molecule has 3 aromatic rings. The van der Waals surface area contributed by atoms with E-state index >= 15 is 0 Å². The minimum Gasteiger partial charge on any atom is -0.335 e. The third-order valence-electron chi connectivity index (χ3n) is 3.30. The van der Waals surface area contributed by atoms with Gasteiger partial charge in [0.1, 0.15) is 0 Å². The molecule has 0 unspecified atom stereocenters. The van der Waals surface area contributed by atoms with Gasteiger partial charge in [-0.25, -0.2) is 4.68 Å². The van der Waals surface area contributed by atoms with Gasteiger partial charge in [0, 0.05) is 15.1 Å². The standard InChI is InChI=1S/C16H12BrCl2N5OS/c17-10-3-6-13(12(19)7-10)21-14(25)8-26-16-23-22-15(24(16)20)9-1-4-11(18)5-2-9/h1-7H,8,20H2,(H,21,25). The van der Waals surface area contributed by atoms with Crippen LogP contribution in [0.25, 0.3) is 11.4 Å². The van der Waals surface area contributed by atoms with Crippen LogP contribution in [-0.2, 0) is 4.79 Å². The van der Waals surface area contributed by atoms with Crippen LogP contribution in [0.5, 0.6) is 0 Å². The molecule has 26 heavy (non-hydrogen) atoms. The van der Waals surface area contributed by atoms with Crippen LogP contribution in [0.2, 0.25) is 10.0 Å². The average molecular weight is 473 g/mol. The van der Waals surface area contributed by atoms with Crippen LogP contribution in [0.3, 0.4) is 0 Å². The van der Waals surface area contributed by atoms with Crippen molar-refractivity contribution in [3.8, 4) is 11.4 Å². The van der Waals surface area contributed by atoms with E-state index in [1.807, 2.05) is 0 Å². The first-order valence-electron chi connectivity index (χ1n) is 7.28. The maximum absolute atomic E-state index is 12.1. The number of rotatable bonds is 5. The highest BCUT2D eigenvalue weighted by atomic mass is 79.9. The lowest BCUT2D eigenvalue weighted by Crippen LogP contribution is -2.16. The Bertz CT molecular complexity index is 948. The second-order valence-electron chi connectivity index (χ2n) is 5.14. The summed E-state index contributed by atoms with van der Waals surface area (Å²) in [5, 5.41) is 12.3. The number of carbonyl (C=O) groups is 1. The van der Waals surface area contributed by atoms with E-state index in [2.05, 4.69) is 31.4 Å². The first-order chi connectivity index (χ1) is 12.4. The van der Waals surface area contributed by atoms with Crippen molar-refractivity contribution in [2.24, 2.45) is 0 Å². The predicted molar refractivity (Wildman–Crippen MR) is 109 cm³/mol. The van der Waals surface area contributed by atoms with Crippen LogP contribution in [-0.4, -0.2) is 26.5 Å². The first-order valence-corrected chi connectivity index (χ1v) is 9.81. The zero-order chi connectivity index (χ0) is 18.7. The minimum absolute atomic E-state index is 0.113. The van der Waals surface area contributed by atoms with E-state index in [0.29, 0.717) is 26.7 Å². The number of nitrogens with two attached hydrogens (primary N) is 1. The van der Waals surface area contributed by atoms with Crippen LogP contribution in [0.4, 0.5) is 5.69 Å². The topological polar surface area (TPSA) is 85.8 Å². The number of halogens is 3. The lowest BCUT2D eigenvalue weighted by molar-refractivity contribution is -0.113. The normalized spacial score (nSPS) is 10.7. The van der Waals surface area contributed by atoms with E-state index in [-0.39, 0.29) is 11.7 Å². The van der Waals surface area contributed by atoms with E-state index in [1.54, 1.807) is 42.5 Å². The molecule has 0 radical (unpaired) electrons. The number of hydrogen-bond donors (Lipinski definition) is 2. The Balaban J connectivity index is 1.64. The molecule has 0 aliphatic heterocycles. The van der Waals surface area contributed by atoms with Gasteiger partial charge in [-0.3, -0.25) is 4.79 Å². The highest BCUT2D eigenvalue weighted by Gasteiger charge is 2.14. The SMILES string of the molecule is Nn1c(SCC(=O)Nc2ccc(Br)cc2Cl)nnc1-c1ccc(Cl)cc1. The first kappa shape index (κ1) is 19.0. The number of thioether (sulfide) groups is 1. The molecule has 3 N–H and O–H groups in total. The molecule has 6 nitrogen and oxygen atoms in total. The molecule has 1 amide bonds. The van der Waals surface area contributed by atoms with Crippen molar-refractivity contribution in [3.05, 3.63) is 57.0 Å². The molecule has 2 aromatic carbocycles. The number of aromatic nitrogens is 3. The smallest absolute Gasteiger partial charge is 0.234 e. The third-order valence-corrected chi connectivity index (χ3v) is 5.31. The molecular formula is C16H12BrCl2N5OS. The molecule has 10 heteroatoms. The van der Waals surface area contributed by atoms with Gasteiger partial charge in [0.2, 0.25) is 11.1 Å². The molecule has 0 bridgehead atoms. The van der Waals surface area contributed by atoms with Crippen molar-refractivity contribution < 1.29 is 4.79 Å². The van der Waals surface area contributed by atoms with Crippen LogP contribution in [0.15, 0.2) is 52.1 Å². The molecule has 0 fully saturated rings. The Morgan fingerprint density at radius 2 is 1.92 bits per heavy atom. The fraction of sp³-hybridized carbons (Fsp3) is 0.0625. The van der Waals surface area contributed by atoms with Gasteiger partial charge < -0.3 is 11.2 Å². The average Bonchev–Trinajstić information content (AvgIpc) is 2.97. The molecule has 0 atom stereocenters. The summed E-state index contributed by atoms with van der Waals surface area (Å²) in [6, 6.07) is 12.3. The summed E-state index contributed by atoms with van der Waals surface area (Å²) < 4.78 is 2.18. The van der Waals surface area contributed by atoms with Gasteiger partial charge in [-0.15, -0.1) is 10.2 Å². The lowest BCUT2D eigenvalue weighted by Gasteiger charge is -2.07. The summed E-state index contributed by atoms with van der Waals surface area (Å²) in [4.78, 5) is 12.1. The Morgan fingerprint density at radius 3 is 2.62 bits per heavy atom. The number of nitrogens with one attached hydrogen (secondary N) is 1. The number of nitrogens with zero attached hydrogens (tertiary/aromatic N) is 3. The zero-order valence-electron chi connectivity index (χ0n) is 13.1. The lowest BCUT2D eigenvalue weighted by atomic mass is 10.2. The Kier molecular flexibility index (Phi) is 6.08. The third kappa shape index (κ3) is 4.50. The van der Waals surface area contributed by atoms with Crippen molar-refractivity contribution in [1.82, 2.24) is 14.9 Å². The van der Waals surface area contributed by atoms with Crippen LogP contribution < -0.4 is 11.2 Å². The quantitative estimate of drug-likeness (QED) is 0.423. The van der Waals surface area contributed by atoms with Crippen LogP contribution in [0.1, 0.15) is 0 Å². The highest BCUT2D eigenvalue weighted by molar-refractivity contribution is 9.10. The fourth-order valence-electron chi connectivity index (χ4n) is 2.08. The van der Waals surface area contributed by atoms with Crippen LogP contribution >= 0.6 is 50.9 Å². The summed E-state index contributed by atoms with van der Waals surface area (Å²) >= 11 is 16.5. The molecule has 1 aromatic heterocycles. The summed E-state index contributed by atoms with van der Waals surface area (Å²) in [5.74, 6) is 6.41. The number of nitrogen functional groups attached to an aromatic ring is 1. The van der Waals surface area contributed by atoms with E-state index < -0.39 is 0 Å². The van der Waals surface area contributed by atoms with Gasteiger partial charge in [-0.1, -0.05) is 50.9 Å². The second kappa shape index (κ2) is 8.30. The number of amides is 1.